The fraction of sp³-hybridized carbons (Fsp3) is 0.667. The summed E-state index contributed by atoms with van der Waals surface area (Å²) in [4.78, 5) is 14.5. The Bertz CT molecular complexity index is 539. The standard InChI is InChI=1S/C18H30N4O/c1-5-15(4)13-21-10-7-16(8-11-21)22-17(6-9-19-22)20-18(23)12-14(2)3/h5-6,9,14,16H,7-8,10-13H2,1-4H3,(H,20,23). The highest BCUT2D eigenvalue weighted by molar-refractivity contribution is 5.89. The van der Waals surface area contributed by atoms with Gasteiger partial charge in [-0.1, -0.05) is 25.5 Å². The molecule has 0 bridgehead atoms. The molecule has 2 rings (SSSR count). The van der Waals surface area contributed by atoms with Gasteiger partial charge in [0.2, 0.25) is 5.91 Å². The molecule has 1 aromatic heterocycles. The quantitative estimate of drug-likeness (QED) is 0.817. The Morgan fingerprint density at radius 3 is 2.74 bits per heavy atom. The zero-order valence-electron chi connectivity index (χ0n) is 14.9. The molecule has 1 aliphatic rings. The topological polar surface area (TPSA) is 50.2 Å². The third-order valence-electron chi connectivity index (χ3n) is 4.40. The SMILES string of the molecule is CC=C(C)CN1CCC(n2nccc2NC(=O)CC(C)C)CC1. The van der Waals surface area contributed by atoms with Crippen molar-refractivity contribution in [3.63, 3.8) is 0 Å². The lowest BCUT2D eigenvalue weighted by Gasteiger charge is -2.32. The van der Waals surface area contributed by atoms with E-state index in [0.717, 1.165) is 38.3 Å². The minimum Gasteiger partial charge on any atom is -0.311 e. The van der Waals surface area contributed by atoms with Gasteiger partial charge in [0.05, 0.1) is 12.2 Å². The van der Waals surface area contributed by atoms with Crippen LogP contribution < -0.4 is 5.32 Å². The van der Waals surface area contributed by atoms with E-state index in [-0.39, 0.29) is 5.91 Å². The van der Waals surface area contributed by atoms with Gasteiger partial charge in [0.25, 0.3) is 0 Å². The third-order valence-corrected chi connectivity index (χ3v) is 4.40. The van der Waals surface area contributed by atoms with Gasteiger partial charge < -0.3 is 5.32 Å². The normalized spacial score (nSPS) is 17.7. The predicted molar refractivity (Wildman–Crippen MR) is 94.5 cm³/mol. The number of carbonyl (C=O) groups excluding carboxylic acids is 1. The summed E-state index contributed by atoms with van der Waals surface area (Å²) in [6.45, 7) is 11.6. The second kappa shape index (κ2) is 8.29. The summed E-state index contributed by atoms with van der Waals surface area (Å²) in [6, 6.07) is 2.27. The molecule has 1 aliphatic heterocycles. The predicted octanol–water partition coefficient (Wildman–Crippen LogP) is 3.47. The number of rotatable bonds is 6. The van der Waals surface area contributed by atoms with Crippen LogP contribution in [-0.2, 0) is 4.79 Å². The molecule has 128 valence electrons. The van der Waals surface area contributed by atoms with Crippen molar-refractivity contribution in [3.8, 4) is 0 Å². The monoisotopic (exact) mass is 318 g/mol. The molecule has 5 heteroatoms. The van der Waals surface area contributed by atoms with Crippen LogP contribution in [0.2, 0.25) is 0 Å². The van der Waals surface area contributed by atoms with Crippen LogP contribution in [0.5, 0.6) is 0 Å². The van der Waals surface area contributed by atoms with E-state index in [9.17, 15) is 4.79 Å². The third kappa shape index (κ3) is 5.20. The first-order chi connectivity index (χ1) is 11.0. The van der Waals surface area contributed by atoms with Crippen molar-refractivity contribution in [3.05, 3.63) is 23.9 Å². The smallest absolute Gasteiger partial charge is 0.225 e. The van der Waals surface area contributed by atoms with Crippen LogP contribution in [0.3, 0.4) is 0 Å². The van der Waals surface area contributed by atoms with E-state index < -0.39 is 0 Å². The Morgan fingerprint density at radius 2 is 2.13 bits per heavy atom. The van der Waals surface area contributed by atoms with Gasteiger partial charge in [-0.3, -0.25) is 9.69 Å². The molecule has 0 radical (unpaired) electrons. The Kier molecular flexibility index (Phi) is 6.39. The molecular weight excluding hydrogens is 288 g/mol. The summed E-state index contributed by atoms with van der Waals surface area (Å²) in [5, 5.41) is 7.46. The van der Waals surface area contributed by atoms with Crippen LogP contribution in [0.25, 0.3) is 0 Å². The van der Waals surface area contributed by atoms with Crippen LogP contribution in [0, 0.1) is 5.92 Å². The maximum absolute atomic E-state index is 12.0. The summed E-state index contributed by atoms with van der Waals surface area (Å²) in [5.41, 5.74) is 1.42. The highest BCUT2D eigenvalue weighted by Crippen LogP contribution is 2.25. The molecule has 1 aromatic rings. The molecule has 23 heavy (non-hydrogen) atoms. The zero-order chi connectivity index (χ0) is 16.8. The van der Waals surface area contributed by atoms with Gasteiger partial charge in [-0.05, 0) is 32.6 Å². The average molecular weight is 318 g/mol. The maximum Gasteiger partial charge on any atom is 0.225 e. The van der Waals surface area contributed by atoms with Crippen molar-refractivity contribution in [1.29, 1.82) is 0 Å². The molecule has 0 saturated carbocycles. The lowest BCUT2D eigenvalue weighted by molar-refractivity contribution is -0.116. The number of piperidine rings is 1. The summed E-state index contributed by atoms with van der Waals surface area (Å²) in [5.74, 6) is 1.27. The van der Waals surface area contributed by atoms with E-state index in [0.29, 0.717) is 18.4 Å². The number of allylic oxidation sites excluding steroid dienone is 1. The van der Waals surface area contributed by atoms with Gasteiger partial charge >= 0.3 is 0 Å². The number of carbonyl (C=O) groups is 1. The second-order valence-corrected chi connectivity index (χ2v) is 6.95. The number of aromatic nitrogens is 2. The first-order valence-corrected chi connectivity index (χ1v) is 8.67. The first-order valence-electron chi connectivity index (χ1n) is 8.67. The van der Waals surface area contributed by atoms with Crippen molar-refractivity contribution < 1.29 is 4.79 Å². The Hall–Kier alpha value is -1.62. The van der Waals surface area contributed by atoms with E-state index >= 15 is 0 Å². The van der Waals surface area contributed by atoms with Gasteiger partial charge in [-0.2, -0.15) is 5.10 Å². The molecule has 0 aliphatic carbocycles. The fourth-order valence-corrected chi connectivity index (χ4v) is 3.03. The van der Waals surface area contributed by atoms with Crippen molar-refractivity contribution >= 4 is 11.7 Å². The molecule has 0 spiro atoms. The summed E-state index contributed by atoms with van der Waals surface area (Å²) in [7, 11) is 0. The van der Waals surface area contributed by atoms with Gasteiger partial charge in [0.15, 0.2) is 0 Å². The van der Waals surface area contributed by atoms with Gasteiger partial charge in [0, 0.05) is 32.1 Å². The average Bonchev–Trinajstić information content (AvgIpc) is 2.95. The van der Waals surface area contributed by atoms with Crippen LogP contribution in [0.15, 0.2) is 23.9 Å². The molecule has 1 amide bonds. The Labute approximate surface area is 139 Å². The largest absolute Gasteiger partial charge is 0.311 e. The van der Waals surface area contributed by atoms with Gasteiger partial charge in [0.1, 0.15) is 5.82 Å². The molecule has 5 nitrogen and oxygen atoms in total. The van der Waals surface area contributed by atoms with Crippen LogP contribution in [0.4, 0.5) is 5.82 Å². The molecule has 1 saturated heterocycles. The van der Waals surface area contributed by atoms with Gasteiger partial charge in [-0.25, -0.2) is 4.68 Å². The maximum atomic E-state index is 12.0. The number of nitrogens with one attached hydrogen (secondary N) is 1. The summed E-state index contributed by atoms with van der Waals surface area (Å²) >= 11 is 0. The number of hydrogen-bond acceptors (Lipinski definition) is 3. The van der Waals surface area contributed by atoms with Crippen molar-refractivity contribution in [2.24, 2.45) is 5.92 Å². The lowest BCUT2D eigenvalue weighted by Crippen LogP contribution is -2.36. The lowest BCUT2D eigenvalue weighted by atomic mass is 10.0. The first kappa shape index (κ1) is 17.7. The highest BCUT2D eigenvalue weighted by Gasteiger charge is 2.23. The van der Waals surface area contributed by atoms with Crippen LogP contribution >= 0.6 is 0 Å². The Balaban J connectivity index is 1.91. The van der Waals surface area contributed by atoms with Crippen LogP contribution in [0.1, 0.15) is 53.0 Å². The molecule has 0 atom stereocenters. The molecule has 1 N–H and O–H groups in total. The zero-order valence-corrected chi connectivity index (χ0v) is 14.9. The summed E-state index contributed by atoms with van der Waals surface area (Å²) < 4.78 is 2.00. The van der Waals surface area contributed by atoms with Crippen molar-refractivity contribution in [1.82, 2.24) is 14.7 Å². The van der Waals surface area contributed by atoms with E-state index in [1.807, 2.05) is 10.7 Å². The van der Waals surface area contributed by atoms with Gasteiger partial charge in [-0.15, -0.1) is 0 Å². The number of nitrogens with zero attached hydrogens (tertiary/aromatic N) is 3. The fourth-order valence-electron chi connectivity index (χ4n) is 3.03. The molecule has 1 fully saturated rings. The van der Waals surface area contributed by atoms with Crippen molar-refractivity contribution in [2.75, 3.05) is 25.0 Å². The molecule has 0 aromatic carbocycles. The number of likely N-dealkylation sites (tertiary alicyclic amines) is 1. The van der Waals surface area contributed by atoms with E-state index in [1.54, 1.807) is 6.20 Å². The van der Waals surface area contributed by atoms with E-state index in [1.165, 1.54) is 5.57 Å². The van der Waals surface area contributed by atoms with E-state index in [4.69, 9.17) is 0 Å². The molecule has 2 heterocycles. The van der Waals surface area contributed by atoms with Crippen molar-refractivity contribution in [2.45, 2.75) is 53.0 Å². The number of hydrogen-bond donors (Lipinski definition) is 1. The molecule has 0 unspecified atom stereocenters. The Morgan fingerprint density at radius 1 is 1.43 bits per heavy atom. The van der Waals surface area contributed by atoms with E-state index in [2.05, 4.69) is 49.1 Å². The molecular formula is C18H30N4O. The number of anilines is 1. The van der Waals surface area contributed by atoms with Crippen LogP contribution in [-0.4, -0.2) is 40.2 Å². The summed E-state index contributed by atoms with van der Waals surface area (Å²) in [6.07, 6.45) is 6.66. The minimum atomic E-state index is 0.0721. The minimum absolute atomic E-state index is 0.0721. The second-order valence-electron chi connectivity index (χ2n) is 6.95. The number of amides is 1. The highest BCUT2D eigenvalue weighted by atomic mass is 16.1.